The molecule has 0 heterocycles. The molecule has 0 aromatic carbocycles. The van der Waals surface area contributed by atoms with Crippen LogP contribution in [0.25, 0.3) is 0 Å². The van der Waals surface area contributed by atoms with Crippen LogP contribution in [0.5, 0.6) is 0 Å². The first kappa shape index (κ1) is 14.3. The van der Waals surface area contributed by atoms with Gasteiger partial charge in [0, 0.05) is 25.8 Å². The summed E-state index contributed by atoms with van der Waals surface area (Å²) in [5.41, 5.74) is 0. The van der Waals surface area contributed by atoms with E-state index in [0.29, 0.717) is 18.7 Å². The molecule has 18 heavy (non-hydrogen) atoms. The van der Waals surface area contributed by atoms with Crippen molar-refractivity contribution in [2.75, 3.05) is 20.3 Å². The molecule has 0 bridgehead atoms. The van der Waals surface area contributed by atoms with E-state index >= 15 is 0 Å². The first-order chi connectivity index (χ1) is 8.85. The van der Waals surface area contributed by atoms with Crippen molar-refractivity contribution < 1.29 is 9.84 Å². The van der Waals surface area contributed by atoms with Crippen molar-refractivity contribution in [3.05, 3.63) is 0 Å². The van der Waals surface area contributed by atoms with Crippen LogP contribution in [-0.2, 0) is 4.74 Å². The highest BCUT2D eigenvalue weighted by atomic mass is 16.5. The minimum absolute atomic E-state index is 0.304. The lowest BCUT2D eigenvalue weighted by atomic mass is 9.82. The van der Waals surface area contributed by atoms with Gasteiger partial charge in [0.25, 0.3) is 0 Å². The van der Waals surface area contributed by atoms with Crippen LogP contribution in [0, 0.1) is 11.8 Å². The molecule has 0 aliphatic heterocycles. The van der Waals surface area contributed by atoms with Crippen LogP contribution in [0.15, 0.2) is 0 Å². The zero-order valence-electron chi connectivity index (χ0n) is 11.7. The van der Waals surface area contributed by atoms with Crippen molar-refractivity contribution in [2.45, 2.75) is 63.5 Å². The molecular weight excluding hydrogens is 226 g/mol. The van der Waals surface area contributed by atoms with Gasteiger partial charge in [-0.25, -0.2) is 0 Å². The standard InChI is InChI=1S/C15H29NO2/c1-18-11-15(13-7-8-13)16-14(9-10-17)12-5-3-2-4-6-12/h12-17H,2-11H2,1H3. The molecule has 2 N–H and O–H groups in total. The van der Waals surface area contributed by atoms with Crippen LogP contribution in [0.3, 0.4) is 0 Å². The highest BCUT2D eigenvalue weighted by Crippen LogP contribution is 2.34. The highest BCUT2D eigenvalue weighted by Gasteiger charge is 2.34. The van der Waals surface area contributed by atoms with Gasteiger partial charge < -0.3 is 15.2 Å². The van der Waals surface area contributed by atoms with Crippen molar-refractivity contribution in [3.63, 3.8) is 0 Å². The molecule has 0 aromatic heterocycles. The second-order valence-corrected chi connectivity index (χ2v) is 6.08. The summed E-state index contributed by atoms with van der Waals surface area (Å²) < 4.78 is 5.35. The van der Waals surface area contributed by atoms with Crippen molar-refractivity contribution in [3.8, 4) is 0 Å². The van der Waals surface area contributed by atoms with E-state index < -0.39 is 0 Å². The molecule has 2 atom stereocenters. The van der Waals surface area contributed by atoms with E-state index in [-0.39, 0.29) is 0 Å². The van der Waals surface area contributed by atoms with Gasteiger partial charge in [0.2, 0.25) is 0 Å². The van der Waals surface area contributed by atoms with Gasteiger partial charge in [-0.2, -0.15) is 0 Å². The Morgan fingerprint density at radius 2 is 1.72 bits per heavy atom. The maximum Gasteiger partial charge on any atom is 0.0618 e. The van der Waals surface area contributed by atoms with Crippen LogP contribution in [0.4, 0.5) is 0 Å². The smallest absolute Gasteiger partial charge is 0.0618 e. The molecule has 0 aromatic rings. The van der Waals surface area contributed by atoms with E-state index in [1.165, 1.54) is 44.9 Å². The Morgan fingerprint density at radius 3 is 2.28 bits per heavy atom. The number of methoxy groups -OCH3 is 1. The first-order valence-electron chi connectivity index (χ1n) is 7.71. The Labute approximate surface area is 111 Å². The summed E-state index contributed by atoms with van der Waals surface area (Å²) in [6.07, 6.45) is 10.4. The molecule has 0 radical (unpaired) electrons. The van der Waals surface area contributed by atoms with E-state index in [9.17, 15) is 5.11 Å². The summed E-state index contributed by atoms with van der Waals surface area (Å²) in [5, 5.41) is 13.1. The molecule has 2 aliphatic carbocycles. The number of hydrogen-bond donors (Lipinski definition) is 2. The van der Waals surface area contributed by atoms with Gasteiger partial charge in [-0.15, -0.1) is 0 Å². The van der Waals surface area contributed by atoms with Crippen LogP contribution in [0.1, 0.15) is 51.4 Å². The van der Waals surface area contributed by atoms with Gasteiger partial charge >= 0.3 is 0 Å². The summed E-state index contributed by atoms with van der Waals surface area (Å²) in [4.78, 5) is 0. The summed E-state index contributed by atoms with van der Waals surface area (Å²) >= 11 is 0. The van der Waals surface area contributed by atoms with Gasteiger partial charge in [-0.05, 0) is 43.9 Å². The summed E-state index contributed by atoms with van der Waals surface area (Å²) in [7, 11) is 1.79. The molecule has 106 valence electrons. The summed E-state index contributed by atoms with van der Waals surface area (Å²) in [6.45, 7) is 1.12. The van der Waals surface area contributed by atoms with Crippen molar-refractivity contribution in [1.29, 1.82) is 0 Å². The van der Waals surface area contributed by atoms with Crippen LogP contribution in [0.2, 0.25) is 0 Å². The fourth-order valence-corrected chi connectivity index (χ4v) is 3.40. The molecular formula is C15H29NO2. The number of hydrogen-bond acceptors (Lipinski definition) is 3. The minimum atomic E-state index is 0.304. The average Bonchev–Trinajstić information content (AvgIpc) is 3.23. The number of aliphatic hydroxyl groups is 1. The molecule has 2 aliphatic rings. The molecule has 2 saturated carbocycles. The average molecular weight is 255 g/mol. The third kappa shape index (κ3) is 4.22. The third-order valence-electron chi connectivity index (χ3n) is 4.62. The lowest BCUT2D eigenvalue weighted by Gasteiger charge is -2.34. The second kappa shape index (κ2) is 7.46. The number of aliphatic hydroxyl groups excluding tert-OH is 1. The van der Waals surface area contributed by atoms with E-state index in [1.807, 2.05) is 0 Å². The Bertz CT molecular complexity index is 225. The van der Waals surface area contributed by atoms with E-state index in [1.54, 1.807) is 7.11 Å². The molecule has 2 rings (SSSR count). The lowest BCUT2D eigenvalue weighted by molar-refractivity contribution is 0.129. The monoisotopic (exact) mass is 255 g/mol. The Morgan fingerprint density at radius 1 is 1.06 bits per heavy atom. The Balaban J connectivity index is 1.86. The molecule has 0 spiro atoms. The number of nitrogens with one attached hydrogen (secondary N) is 1. The fourth-order valence-electron chi connectivity index (χ4n) is 3.40. The predicted molar refractivity (Wildman–Crippen MR) is 73.6 cm³/mol. The third-order valence-corrected chi connectivity index (χ3v) is 4.62. The van der Waals surface area contributed by atoms with E-state index in [4.69, 9.17) is 4.74 Å². The minimum Gasteiger partial charge on any atom is -0.396 e. The topological polar surface area (TPSA) is 41.5 Å². The van der Waals surface area contributed by atoms with Gasteiger partial charge in [0.1, 0.15) is 0 Å². The highest BCUT2D eigenvalue weighted by molar-refractivity contribution is 4.90. The fraction of sp³-hybridized carbons (Fsp3) is 1.00. The maximum absolute atomic E-state index is 9.29. The van der Waals surface area contributed by atoms with Crippen molar-refractivity contribution in [2.24, 2.45) is 11.8 Å². The molecule has 2 fully saturated rings. The lowest BCUT2D eigenvalue weighted by Crippen LogP contribution is -2.47. The van der Waals surface area contributed by atoms with Crippen LogP contribution < -0.4 is 5.32 Å². The number of ether oxygens (including phenoxy) is 1. The van der Waals surface area contributed by atoms with Gasteiger partial charge in [-0.1, -0.05) is 19.3 Å². The summed E-state index contributed by atoms with van der Waals surface area (Å²) in [6, 6.07) is 1.00. The zero-order chi connectivity index (χ0) is 12.8. The molecule has 0 amide bonds. The molecule has 0 saturated heterocycles. The maximum atomic E-state index is 9.29. The SMILES string of the molecule is COCC(NC(CCO)C1CCCCC1)C1CC1. The second-order valence-electron chi connectivity index (χ2n) is 6.08. The van der Waals surface area contributed by atoms with Crippen molar-refractivity contribution >= 4 is 0 Å². The van der Waals surface area contributed by atoms with Crippen molar-refractivity contribution in [1.82, 2.24) is 5.32 Å². The van der Waals surface area contributed by atoms with Crippen LogP contribution >= 0.6 is 0 Å². The van der Waals surface area contributed by atoms with E-state index in [2.05, 4.69) is 5.32 Å². The van der Waals surface area contributed by atoms with Gasteiger partial charge in [-0.3, -0.25) is 0 Å². The normalized spacial score (nSPS) is 25.0. The Kier molecular flexibility index (Phi) is 5.93. The largest absolute Gasteiger partial charge is 0.396 e. The molecule has 3 heteroatoms. The quantitative estimate of drug-likeness (QED) is 0.699. The first-order valence-corrected chi connectivity index (χ1v) is 7.71. The predicted octanol–water partition coefficient (Wildman–Crippen LogP) is 2.33. The van der Waals surface area contributed by atoms with E-state index in [0.717, 1.165) is 24.9 Å². The summed E-state index contributed by atoms with van der Waals surface area (Å²) in [5.74, 6) is 1.58. The zero-order valence-corrected chi connectivity index (χ0v) is 11.7. The molecule has 2 unspecified atom stereocenters. The van der Waals surface area contributed by atoms with Gasteiger partial charge in [0.05, 0.1) is 6.61 Å². The number of rotatable bonds is 8. The van der Waals surface area contributed by atoms with Crippen LogP contribution in [-0.4, -0.2) is 37.5 Å². The van der Waals surface area contributed by atoms with Gasteiger partial charge in [0.15, 0.2) is 0 Å². The Hall–Kier alpha value is -0.120. The molecule has 3 nitrogen and oxygen atoms in total.